The van der Waals surface area contributed by atoms with E-state index in [1.54, 1.807) is 6.92 Å². The van der Waals surface area contributed by atoms with Gasteiger partial charge in [-0.2, -0.15) is 10.1 Å². The van der Waals surface area contributed by atoms with Gasteiger partial charge in [0.1, 0.15) is 6.54 Å². The highest BCUT2D eigenvalue weighted by Crippen LogP contribution is 2.18. The zero-order valence-corrected chi connectivity index (χ0v) is 15.4. The Bertz CT molecular complexity index is 686. The van der Waals surface area contributed by atoms with Gasteiger partial charge in [0.05, 0.1) is 5.69 Å². The van der Waals surface area contributed by atoms with Crippen LogP contribution in [0.5, 0.6) is 0 Å². The Hall–Kier alpha value is -2.38. The van der Waals surface area contributed by atoms with Crippen molar-refractivity contribution in [2.45, 2.75) is 46.7 Å². The summed E-state index contributed by atoms with van der Waals surface area (Å²) in [6, 6.07) is 0. The van der Waals surface area contributed by atoms with Crippen molar-refractivity contribution in [3.8, 4) is 0 Å². The second kappa shape index (κ2) is 7.94. The average molecular weight is 333 g/mol. The SMILES string of the molecule is CCNC(=NCc1noc(C)n1)N(C)Cc1cn(C)nc1C(C)C. The van der Waals surface area contributed by atoms with Gasteiger partial charge < -0.3 is 14.7 Å². The Balaban J connectivity index is 2.12. The molecule has 0 unspecified atom stereocenters. The van der Waals surface area contributed by atoms with Crippen LogP contribution >= 0.6 is 0 Å². The summed E-state index contributed by atoms with van der Waals surface area (Å²) in [5.74, 6) is 2.32. The number of hydrogen-bond acceptors (Lipinski definition) is 5. The van der Waals surface area contributed by atoms with Crippen molar-refractivity contribution in [1.82, 2.24) is 30.1 Å². The van der Waals surface area contributed by atoms with E-state index in [9.17, 15) is 0 Å². The zero-order chi connectivity index (χ0) is 17.7. The van der Waals surface area contributed by atoms with Crippen molar-refractivity contribution in [3.05, 3.63) is 29.2 Å². The summed E-state index contributed by atoms with van der Waals surface area (Å²) in [5, 5.41) is 11.7. The number of nitrogens with zero attached hydrogens (tertiary/aromatic N) is 6. The molecule has 132 valence electrons. The van der Waals surface area contributed by atoms with E-state index in [1.165, 1.54) is 5.56 Å². The molecule has 0 aliphatic rings. The molecule has 0 saturated heterocycles. The van der Waals surface area contributed by atoms with E-state index in [4.69, 9.17) is 4.52 Å². The molecule has 0 amide bonds. The Kier molecular flexibility index (Phi) is 5.94. The molecule has 24 heavy (non-hydrogen) atoms. The molecular weight excluding hydrogens is 306 g/mol. The molecule has 8 nitrogen and oxygen atoms in total. The molecule has 2 aromatic rings. The predicted molar refractivity (Wildman–Crippen MR) is 92.6 cm³/mol. The molecule has 0 aliphatic heterocycles. The second-order valence-electron chi connectivity index (χ2n) is 6.12. The molecule has 8 heteroatoms. The van der Waals surface area contributed by atoms with Crippen molar-refractivity contribution in [1.29, 1.82) is 0 Å². The number of rotatable bonds is 6. The van der Waals surface area contributed by atoms with Crippen LogP contribution in [0.1, 0.15) is 49.7 Å². The minimum Gasteiger partial charge on any atom is -0.357 e. The van der Waals surface area contributed by atoms with Crippen LogP contribution < -0.4 is 5.32 Å². The number of aliphatic imine (C=N–C) groups is 1. The van der Waals surface area contributed by atoms with Gasteiger partial charge in [0.2, 0.25) is 5.89 Å². The minimum atomic E-state index is 0.383. The topological polar surface area (TPSA) is 84.4 Å². The normalized spacial score (nSPS) is 12.0. The van der Waals surface area contributed by atoms with Gasteiger partial charge in [-0.1, -0.05) is 19.0 Å². The third kappa shape index (κ3) is 4.56. The summed E-state index contributed by atoms with van der Waals surface area (Å²) >= 11 is 0. The van der Waals surface area contributed by atoms with Crippen LogP contribution in [-0.2, 0) is 20.1 Å². The summed E-state index contributed by atoms with van der Waals surface area (Å²) in [5.41, 5.74) is 2.32. The standard InChI is InChI=1S/C16H27N7O/c1-7-17-16(18-8-14-19-12(4)24-21-14)22(5)9-13-10-23(6)20-15(13)11(2)3/h10-11H,7-9H2,1-6H3,(H,17,18). The van der Waals surface area contributed by atoms with Crippen molar-refractivity contribution in [3.63, 3.8) is 0 Å². The molecule has 0 spiro atoms. The van der Waals surface area contributed by atoms with E-state index < -0.39 is 0 Å². The fraction of sp³-hybridized carbons (Fsp3) is 0.625. The van der Waals surface area contributed by atoms with E-state index in [0.29, 0.717) is 24.2 Å². The number of aryl methyl sites for hydroxylation is 2. The number of nitrogens with one attached hydrogen (secondary N) is 1. The highest BCUT2D eigenvalue weighted by atomic mass is 16.5. The first kappa shape index (κ1) is 18.0. The third-order valence-corrected chi connectivity index (χ3v) is 3.53. The van der Waals surface area contributed by atoms with Gasteiger partial charge in [-0.25, -0.2) is 4.99 Å². The van der Waals surface area contributed by atoms with Gasteiger partial charge in [-0.05, 0) is 12.8 Å². The molecule has 2 aromatic heterocycles. The van der Waals surface area contributed by atoms with Crippen molar-refractivity contribution >= 4 is 5.96 Å². The van der Waals surface area contributed by atoms with Crippen LogP contribution in [0.15, 0.2) is 15.7 Å². The monoisotopic (exact) mass is 333 g/mol. The fourth-order valence-electron chi connectivity index (χ4n) is 2.51. The summed E-state index contributed by atoms with van der Waals surface area (Å²) < 4.78 is 6.85. The largest absolute Gasteiger partial charge is 0.357 e. The maximum Gasteiger partial charge on any atom is 0.223 e. The molecule has 1 N–H and O–H groups in total. The highest BCUT2D eigenvalue weighted by Gasteiger charge is 2.15. The highest BCUT2D eigenvalue weighted by molar-refractivity contribution is 5.79. The molecule has 2 rings (SSSR count). The van der Waals surface area contributed by atoms with Crippen LogP contribution in [0.3, 0.4) is 0 Å². The average Bonchev–Trinajstić information content (AvgIpc) is 3.09. The van der Waals surface area contributed by atoms with Crippen LogP contribution in [0.4, 0.5) is 0 Å². The Morgan fingerprint density at radius 2 is 2.21 bits per heavy atom. The number of guanidine groups is 1. The molecular formula is C16H27N7O. The lowest BCUT2D eigenvalue weighted by atomic mass is 10.1. The van der Waals surface area contributed by atoms with Crippen LogP contribution in [0, 0.1) is 6.92 Å². The molecule has 0 aliphatic carbocycles. The number of hydrogen-bond donors (Lipinski definition) is 1. The molecule has 0 bridgehead atoms. The van der Waals surface area contributed by atoms with E-state index in [2.05, 4.69) is 50.5 Å². The van der Waals surface area contributed by atoms with E-state index >= 15 is 0 Å². The van der Waals surface area contributed by atoms with Gasteiger partial charge in [0, 0.05) is 45.9 Å². The maximum absolute atomic E-state index is 4.98. The Labute approximate surface area is 143 Å². The molecule has 0 aromatic carbocycles. The molecule has 2 heterocycles. The molecule has 0 atom stereocenters. The molecule has 0 fully saturated rings. The van der Waals surface area contributed by atoms with Gasteiger partial charge in [0.25, 0.3) is 0 Å². The van der Waals surface area contributed by atoms with Crippen LogP contribution in [0.25, 0.3) is 0 Å². The fourth-order valence-corrected chi connectivity index (χ4v) is 2.51. The smallest absolute Gasteiger partial charge is 0.223 e. The lowest BCUT2D eigenvalue weighted by molar-refractivity contribution is 0.387. The second-order valence-corrected chi connectivity index (χ2v) is 6.12. The molecule has 0 radical (unpaired) electrons. The zero-order valence-electron chi connectivity index (χ0n) is 15.4. The number of aromatic nitrogens is 4. The Morgan fingerprint density at radius 3 is 2.79 bits per heavy atom. The van der Waals surface area contributed by atoms with Gasteiger partial charge in [0.15, 0.2) is 11.8 Å². The van der Waals surface area contributed by atoms with Gasteiger partial charge in [-0.3, -0.25) is 4.68 Å². The first-order chi connectivity index (χ1) is 11.4. The summed E-state index contributed by atoms with van der Waals surface area (Å²) in [4.78, 5) is 10.9. The lowest BCUT2D eigenvalue weighted by Gasteiger charge is -2.22. The predicted octanol–water partition coefficient (Wildman–Crippen LogP) is 1.83. The first-order valence-electron chi connectivity index (χ1n) is 8.21. The van der Waals surface area contributed by atoms with E-state index in [0.717, 1.165) is 24.7 Å². The summed E-state index contributed by atoms with van der Waals surface area (Å²) in [7, 11) is 3.97. The van der Waals surface area contributed by atoms with Crippen molar-refractivity contribution < 1.29 is 4.52 Å². The van der Waals surface area contributed by atoms with Crippen molar-refractivity contribution in [2.75, 3.05) is 13.6 Å². The Morgan fingerprint density at radius 1 is 1.46 bits per heavy atom. The van der Waals surface area contributed by atoms with Crippen LogP contribution in [0.2, 0.25) is 0 Å². The van der Waals surface area contributed by atoms with Crippen molar-refractivity contribution in [2.24, 2.45) is 12.0 Å². The van der Waals surface area contributed by atoms with Gasteiger partial charge in [-0.15, -0.1) is 0 Å². The van der Waals surface area contributed by atoms with Gasteiger partial charge >= 0.3 is 0 Å². The molecule has 0 saturated carbocycles. The minimum absolute atomic E-state index is 0.383. The lowest BCUT2D eigenvalue weighted by Crippen LogP contribution is -2.38. The summed E-state index contributed by atoms with van der Waals surface area (Å²) in [6.45, 7) is 10.0. The summed E-state index contributed by atoms with van der Waals surface area (Å²) in [6.07, 6.45) is 2.07. The van der Waals surface area contributed by atoms with Crippen LogP contribution in [-0.4, -0.2) is 44.4 Å². The maximum atomic E-state index is 4.98. The quantitative estimate of drug-likeness (QED) is 0.641. The van der Waals surface area contributed by atoms with E-state index in [1.807, 2.05) is 25.7 Å². The third-order valence-electron chi connectivity index (χ3n) is 3.53. The van der Waals surface area contributed by atoms with E-state index in [-0.39, 0.29) is 0 Å². The first-order valence-corrected chi connectivity index (χ1v) is 8.21.